The highest BCUT2D eigenvalue weighted by Crippen LogP contribution is 2.40. The molecule has 3 heteroatoms. The average Bonchev–Trinajstić information content (AvgIpc) is 3.14. The van der Waals surface area contributed by atoms with Crippen molar-refractivity contribution in [3.05, 3.63) is 164 Å². The maximum Gasteiger partial charge on any atom is 0.160 e. The number of hydrogen-bond donors (Lipinski definition) is 0. The molecule has 0 aliphatic heterocycles. The number of benzene rings is 7. The number of aromatic nitrogens is 3. The molecular weight excluding hydrogens is 571 g/mol. The van der Waals surface area contributed by atoms with Gasteiger partial charge >= 0.3 is 0 Å². The molecule has 0 amide bonds. The van der Waals surface area contributed by atoms with Gasteiger partial charge in [-0.25, -0.2) is 9.97 Å². The third kappa shape index (κ3) is 4.81. The van der Waals surface area contributed by atoms with Crippen LogP contribution in [0.4, 0.5) is 0 Å². The lowest BCUT2D eigenvalue weighted by molar-refractivity contribution is 1.18. The average molecular weight is 600 g/mol. The molecule has 220 valence electrons. The van der Waals surface area contributed by atoms with Gasteiger partial charge in [0.05, 0.1) is 11.4 Å². The first-order valence-corrected chi connectivity index (χ1v) is 15.9. The summed E-state index contributed by atoms with van der Waals surface area (Å²) in [5.41, 5.74) is 10.8. The minimum Gasteiger partial charge on any atom is -0.264 e. The van der Waals surface area contributed by atoms with E-state index in [1.807, 2.05) is 30.5 Å². The van der Waals surface area contributed by atoms with Crippen molar-refractivity contribution in [3.63, 3.8) is 0 Å². The molecule has 47 heavy (non-hydrogen) atoms. The van der Waals surface area contributed by atoms with E-state index in [-0.39, 0.29) is 0 Å². The Morgan fingerprint density at radius 2 is 1.02 bits per heavy atom. The van der Waals surface area contributed by atoms with Crippen molar-refractivity contribution in [2.75, 3.05) is 0 Å². The Bertz CT molecular complexity index is 2520. The van der Waals surface area contributed by atoms with Gasteiger partial charge < -0.3 is 0 Å². The number of pyridine rings is 1. The van der Waals surface area contributed by atoms with Gasteiger partial charge in [-0.1, -0.05) is 133 Å². The zero-order chi connectivity index (χ0) is 31.3. The van der Waals surface area contributed by atoms with E-state index in [1.54, 1.807) is 6.20 Å². The molecule has 0 spiro atoms. The molecule has 3 nitrogen and oxygen atoms in total. The van der Waals surface area contributed by atoms with E-state index in [4.69, 9.17) is 9.97 Å². The Kier molecular flexibility index (Phi) is 6.36. The number of hydrogen-bond acceptors (Lipinski definition) is 3. The molecule has 0 saturated carbocycles. The molecule has 2 aromatic heterocycles. The molecular formula is C44H29N3. The van der Waals surface area contributed by atoms with Gasteiger partial charge in [0.1, 0.15) is 0 Å². The predicted octanol–water partition coefficient (Wildman–Crippen LogP) is 11.4. The topological polar surface area (TPSA) is 38.7 Å². The maximum atomic E-state index is 5.09. The summed E-state index contributed by atoms with van der Waals surface area (Å²) in [4.78, 5) is 14.4. The van der Waals surface area contributed by atoms with Crippen LogP contribution in [0.5, 0.6) is 0 Å². The standard InChI is InChI=1S/C44H29N3/c1-28-24-35-18-15-33-19-21-38(39-22-20-36(25-28)42(35)43(33)39)30-11-13-32(14-12-30)41-26-40(31-6-3-2-4-7-31)46-44(47-41)34-16-9-29(10-17-34)37-8-5-23-45-27-37/h2-27H,1H3. The van der Waals surface area contributed by atoms with Crippen molar-refractivity contribution in [1.82, 2.24) is 15.0 Å². The third-order valence-corrected chi connectivity index (χ3v) is 9.17. The van der Waals surface area contributed by atoms with Crippen LogP contribution in [0.15, 0.2) is 158 Å². The van der Waals surface area contributed by atoms with Crippen LogP contribution in [0.3, 0.4) is 0 Å². The number of nitrogens with zero attached hydrogens (tertiary/aromatic N) is 3. The van der Waals surface area contributed by atoms with Crippen LogP contribution >= 0.6 is 0 Å². The summed E-state index contributed by atoms with van der Waals surface area (Å²) in [5.74, 6) is 0.699. The molecule has 0 aliphatic rings. The van der Waals surface area contributed by atoms with Crippen LogP contribution in [-0.4, -0.2) is 15.0 Å². The van der Waals surface area contributed by atoms with Gasteiger partial charge in [-0.3, -0.25) is 4.98 Å². The molecule has 0 bridgehead atoms. The lowest BCUT2D eigenvalue weighted by Crippen LogP contribution is -1.96. The zero-order valence-corrected chi connectivity index (χ0v) is 25.9. The highest BCUT2D eigenvalue weighted by molar-refractivity contribution is 6.25. The number of aryl methyl sites for hydroxylation is 1. The van der Waals surface area contributed by atoms with Crippen molar-refractivity contribution in [2.24, 2.45) is 0 Å². The van der Waals surface area contributed by atoms with E-state index in [9.17, 15) is 0 Å². The van der Waals surface area contributed by atoms with Crippen LogP contribution in [0, 0.1) is 6.92 Å². The predicted molar refractivity (Wildman–Crippen MR) is 195 cm³/mol. The minimum absolute atomic E-state index is 0.699. The Hall–Kier alpha value is -6.19. The second kappa shape index (κ2) is 11.0. The first kappa shape index (κ1) is 27.1. The molecule has 0 saturated heterocycles. The van der Waals surface area contributed by atoms with Crippen molar-refractivity contribution < 1.29 is 0 Å². The van der Waals surface area contributed by atoms with E-state index >= 15 is 0 Å². The normalized spacial score (nSPS) is 11.5. The van der Waals surface area contributed by atoms with Gasteiger partial charge in [0.2, 0.25) is 0 Å². The molecule has 0 fully saturated rings. The second-order valence-corrected chi connectivity index (χ2v) is 12.2. The first-order valence-electron chi connectivity index (χ1n) is 15.9. The fourth-order valence-electron chi connectivity index (χ4n) is 6.87. The van der Waals surface area contributed by atoms with Crippen molar-refractivity contribution in [1.29, 1.82) is 0 Å². The Balaban J connectivity index is 1.13. The molecule has 0 radical (unpaired) electrons. The van der Waals surface area contributed by atoms with E-state index in [1.165, 1.54) is 49.0 Å². The summed E-state index contributed by atoms with van der Waals surface area (Å²) in [6.07, 6.45) is 3.67. The molecule has 0 unspecified atom stereocenters. The smallest absolute Gasteiger partial charge is 0.160 e. The molecule has 0 atom stereocenters. The molecule has 0 N–H and O–H groups in total. The monoisotopic (exact) mass is 599 g/mol. The zero-order valence-electron chi connectivity index (χ0n) is 25.9. The highest BCUT2D eigenvalue weighted by Gasteiger charge is 2.14. The maximum absolute atomic E-state index is 5.09. The van der Waals surface area contributed by atoms with Gasteiger partial charge in [0, 0.05) is 29.1 Å². The molecule has 9 aromatic rings. The largest absolute Gasteiger partial charge is 0.264 e. The summed E-state index contributed by atoms with van der Waals surface area (Å²) >= 11 is 0. The summed E-state index contributed by atoms with van der Waals surface area (Å²) < 4.78 is 0. The minimum atomic E-state index is 0.699. The fourth-order valence-corrected chi connectivity index (χ4v) is 6.87. The molecule has 0 aliphatic carbocycles. The third-order valence-electron chi connectivity index (χ3n) is 9.17. The summed E-state index contributed by atoms with van der Waals surface area (Å²) in [6.45, 7) is 2.17. The Labute approximate surface area is 273 Å². The van der Waals surface area contributed by atoms with E-state index < -0.39 is 0 Å². The van der Waals surface area contributed by atoms with E-state index in [0.29, 0.717) is 5.82 Å². The van der Waals surface area contributed by atoms with Gasteiger partial charge in [-0.05, 0) is 79.2 Å². The van der Waals surface area contributed by atoms with E-state index in [2.05, 4.69) is 133 Å². The van der Waals surface area contributed by atoms with Gasteiger partial charge in [0.15, 0.2) is 5.82 Å². The van der Waals surface area contributed by atoms with Crippen LogP contribution in [-0.2, 0) is 0 Å². The van der Waals surface area contributed by atoms with Crippen molar-refractivity contribution in [2.45, 2.75) is 6.92 Å². The summed E-state index contributed by atoms with van der Waals surface area (Å²) in [5, 5.41) is 7.83. The lowest BCUT2D eigenvalue weighted by atomic mass is 9.89. The van der Waals surface area contributed by atoms with Crippen LogP contribution < -0.4 is 0 Å². The van der Waals surface area contributed by atoms with Crippen LogP contribution in [0.2, 0.25) is 0 Å². The fraction of sp³-hybridized carbons (Fsp3) is 0.0227. The Morgan fingerprint density at radius 3 is 1.74 bits per heavy atom. The summed E-state index contributed by atoms with van der Waals surface area (Å²) in [7, 11) is 0. The SMILES string of the molecule is Cc1cc2ccc3ccc(-c4ccc(-c5cc(-c6ccccc6)nc(-c6ccc(-c7cccnc7)cc6)n5)cc4)c4ccc(c1)c2c34. The van der Waals surface area contributed by atoms with Crippen molar-refractivity contribution >= 4 is 32.3 Å². The molecule has 9 rings (SSSR count). The van der Waals surface area contributed by atoms with Gasteiger partial charge in [-0.2, -0.15) is 0 Å². The lowest BCUT2D eigenvalue weighted by Gasteiger charge is -2.15. The highest BCUT2D eigenvalue weighted by atomic mass is 14.9. The van der Waals surface area contributed by atoms with Gasteiger partial charge in [0.25, 0.3) is 0 Å². The van der Waals surface area contributed by atoms with Crippen LogP contribution in [0.25, 0.3) is 88.5 Å². The van der Waals surface area contributed by atoms with E-state index in [0.717, 1.165) is 39.2 Å². The van der Waals surface area contributed by atoms with Crippen LogP contribution in [0.1, 0.15) is 5.56 Å². The van der Waals surface area contributed by atoms with Crippen molar-refractivity contribution in [3.8, 4) is 56.2 Å². The van der Waals surface area contributed by atoms with Gasteiger partial charge in [-0.15, -0.1) is 0 Å². The quantitative estimate of drug-likeness (QED) is 0.185. The number of rotatable bonds is 5. The molecule has 2 heterocycles. The summed E-state index contributed by atoms with van der Waals surface area (Å²) in [6, 6.07) is 51.8. The molecule has 7 aromatic carbocycles. The second-order valence-electron chi connectivity index (χ2n) is 12.2. The first-order chi connectivity index (χ1) is 23.2. The Morgan fingerprint density at radius 1 is 0.426 bits per heavy atom.